The molecule has 1 unspecified atom stereocenters. The molecule has 45 heavy (non-hydrogen) atoms. The summed E-state index contributed by atoms with van der Waals surface area (Å²) in [6, 6.07) is 12.4. The molecule has 11 nitrogen and oxygen atoms in total. The first-order chi connectivity index (χ1) is 20.9. The van der Waals surface area contributed by atoms with Crippen molar-refractivity contribution in [1.29, 1.82) is 5.26 Å². The molecule has 0 spiro atoms. The second-order valence-corrected chi connectivity index (χ2v) is 10.7. The third-order valence-electron chi connectivity index (χ3n) is 6.36. The van der Waals surface area contributed by atoms with E-state index in [1.165, 1.54) is 0 Å². The molecular formula is C27H28BrF6N5O6. The number of ether oxygens (including phenoxy) is 1. The third-order valence-corrected chi connectivity index (χ3v) is 6.79. The van der Waals surface area contributed by atoms with Gasteiger partial charge in [0.05, 0.1) is 11.6 Å². The Morgan fingerprint density at radius 3 is 2.11 bits per heavy atom. The molecular weight excluding hydrogens is 684 g/mol. The number of H-pyrrole nitrogens is 1. The molecule has 1 fully saturated rings. The normalized spacial score (nSPS) is 17.3. The highest BCUT2D eigenvalue weighted by molar-refractivity contribution is 9.10. The highest BCUT2D eigenvalue weighted by atomic mass is 79.9. The number of hydrogen-bond acceptors (Lipinski definition) is 8. The van der Waals surface area contributed by atoms with Crippen molar-refractivity contribution in [1.82, 2.24) is 19.9 Å². The van der Waals surface area contributed by atoms with E-state index < -0.39 is 30.4 Å². The number of pyridine rings is 1. The lowest BCUT2D eigenvalue weighted by molar-refractivity contribution is -0.193. The fourth-order valence-electron chi connectivity index (χ4n) is 4.09. The van der Waals surface area contributed by atoms with Crippen LogP contribution in [0, 0.1) is 17.2 Å². The second-order valence-electron chi connectivity index (χ2n) is 9.78. The number of aliphatic hydroxyl groups is 1. The van der Waals surface area contributed by atoms with Crippen molar-refractivity contribution in [2.45, 2.75) is 50.2 Å². The summed E-state index contributed by atoms with van der Waals surface area (Å²) in [6.07, 6.45) is -5.09. The number of aromatic amines is 1. The number of carboxylic acid groups (broad SMARTS) is 2. The summed E-state index contributed by atoms with van der Waals surface area (Å²) in [5, 5.41) is 33.7. The van der Waals surface area contributed by atoms with Crippen LogP contribution in [0.3, 0.4) is 0 Å². The zero-order chi connectivity index (χ0) is 33.9. The molecule has 0 saturated heterocycles. The Bertz CT molecular complexity index is 1430. The molecule has 0 bridgehead atoms. The third kappa shape index (κ3) is 12.5. The average molecular weight is 712 g/mol. The van der Waals surface area contributed by atoms with Crippen molar-refractivity contribution in [2.24, 2.45) is 5.92 Å². The van der Waals surface area contributed by atoms with Crippen LogP contribution in [0.5, 0.6) is 5.75 Å². The number of alkyl halides is 6. The largest absolute Gasteiger partial charge is 0.491 e. The minimum absolute atomic E-state index is 0.193. The predicted molar refractivity (Wildman–Crippen MR) is 150 cm³/mol. The number of likely N-dealkylation sites (N-methyl/N-ethyl adjacent to an activating group) is 1. The summed E-state index contributed by atoms with van der Waals surface area (Å²) >= 11 is 3.42. The number of aromatic nitrogens is 3. The maximum Gasteiger partial charge on any atom is 0.490 e. The quantitative estimate of drug-likeness (QED) is 0.232. The number of halogens is 7. The fourth-order valence-corrected chi connectivity index (χ4v) is 4.42. The molecule has 0 radical (unpaired) electrons. The zero-order valence-electron chi connectivity index (χ0n) is 23.4. The van der Waals surface area contributed by atoms with Gasteiger partial charge in [0.15, 0.2) is 5.65 Å². The number of nitrogens with one attached hydrogen (secondary N) is 1. The molecule has 1 aliphatic rings. The zero-order valence-corrected chi connectivity index (χ0v) is 25.0. The number of carbonyl (C=O) groups is 2. The van der Waals surface area contributed by atoms with Gasteiger partial charge in [0.25, 0.3) is 0 Å². The number of fused-ring (bicyclic) bond motifs is 1. The lowest BCUT2D eigenvalue weighted by Crippen LogP contribution is -2.41. The first-order valence-corrected chi connectivity index (χ1v) is 13.8. The molecule has 246 valence electrons. The minimum Gasteiger partial charge on any atom is -0.491 e. The SMILES string of the molecule is CN(CC(O)COc1ccc(-c2nc3ncc(Br)cc3[nH]2)cc1)C1CCC(C#N)CC1.O=C(O)C(F)(F)F.O=C(O)C(F)(F)F. The van der Waals surface area contributed by atoms with Gasteiger partial charge in [-0.1, -0.05) is 0 Å². The monoisotopic (exact) mass is 711 g/mol. The molecule has 2 heterocycles. The second kappa shape index (κ2) is 16.4. The summed E-state index contributed by atoms with van der Waals surface area (Å²) in [5.41, 5.74) is 2.49. The van der Waals surface area contributed by atoms with E-state index in [4.69, 9.17) is 29.8 Å². The molecule has 1 atom stereocenters. The van der Waals surface area contributed by atoms with E-state index in [9.17, 15) is 31.4 Å². The van der Waals surface area contributed by atoms with Crippen LogP contribution < -0.4 is 4.74 Å². The van der Waals surface area contributed by atoms with E-state index in [2.05, 4.69) is 41.9 Å². The van der Waals surface area contributed by atoms with Crippen molar-refractivity contribution >= 4 is 39.0 Å². The number of rotatable bonds is 7. The van der Waals surface area contributed by atoms with Gasteiger partial charge in [-0.25, -0.2) is 19.6 Å². The number of nitriles is 1. The Balaban J connectivity index is 0.000000421. The number of imidazole rings is 1. The van der Waals surface area contributed by atoms with Crippen LogP contribution in [0.1, 0.15) is 25.7 Å². The summed E-state index contributed by atoms with van der Waals surface area (Å²) in [4.78, 5) is 32.1. The van der Waals surface area contributed by atoms with Gasteiger partial charge in [-0.15, -0.1) is 0 Å². The smallest absolute Gasteiger partial charge is 0.490 e. The van der Waals surface area contributed by atoms with Gasteiger partial charge in [-0.3, -0.25) is 0 Å². The maximum atomic E-state index is 10.6. The Morgan fingerprint density at radius 1 is 1.09 bits per heavy atom. The number of aliphatic hydroxyl groups excluding tert-OH is 1. The molecule has 0 aliphatic heterocycles. The summed E-state index contributed by atoms with van der Waals surface area (Å²) in [7, 11) is 2.04. The van der Waals surface area contributed by atoms with E-state index in [0.29, 0.717) is 24.0 Å². The predicted octanol–water partition coefficient (Wildman–Crippen LogP) is 5.41. The Morgan fingerprint density at radius 2 is 1.62 bits per heavy atom. The molecule has 2 aromatic heterocycles. The van der Waals surface area contributed by atoms with Crippen molar-refractivity contribution in [3.8, 4) is 23.2 Å². The van der Waals surface area contributed by atoms with Crippen LogP contribution in [0.25, 0.3) is 22.6 Å². The molecule has 18 heteroatoms. The molecule has 1 aliphatic carbocycles. The number of nitrogens with zero attached hydrogens (tertiary/aromatic N) is 4. The van der Waals surface area contributed by atoms with E-state index in [-0.39, 0.29) is 12.5 Å². The van der Waals surface area contributed by atoms with Crippen LogP contribution in [-0.4, -0.2) is 91.8 Å². The van der Waals surface area contributed by atoms with E-state index >= 15 is 0 Å². The van der Waals surface area contributed by atoms with E-state index in [1.807, 2.05) is 37.4 Å². The number of carboxylic acids is 2. The lowest BCUT2D eigenvalue weighted by Gasteiger charge is -2.33. The van der Waals surface area contributed by atoms with Gasteiger partial charge in [0, 0.05) is 34.7 Å². The molecule has 4 rings (SSSR count). The molecule has 0 amide bonds. The van der Waals surface area contributed by atoms with Crippen LogP contribution in [-0.2, 0) is 9.59 Å². The van der Waals surface area contributed by atoms with Crippen molar-refractivity contribution in [3.63, 3.8) is 0 Å². The molecule has 4 N–H and O–H groups in total. The van der Waals surface area contributed by atoms with Gasteiger partial charge in [-0.2, -0.15) is 31.6 Å². The number of aliphatic carboxylic acids is 2. The maximum absolute atomic E-state index is 10.6. The van der Waals surface area contributed by atoms with Crippen LogP contribution in [0.4, 0.5) is 26.3 Å². The molecule has 3 aromatic rings. The summed E-state index contributed by atoms with van der Waals surface area (Å²) in [6.45, 7) is 0.793. The van der Waals surface area contributed by atoms with Gasteiger partial charge in [0.1, 0.15) is 24.3 Å². The van der Waals surface area contributed by atoms with Crippen molar-refractivity contribution < 1.29 is 56.0 Å². The number of hydrogen-bond donors (Lipinski definition) is 4. The van der Waals surface area contributed by atoms with Crippen molar-refractivity contribution in [2.75, 3.05) is 20.2 Å². The van der Waals surface area contributed by atoms with Crippen LogP contribution in [0.2, 0.25) is 0 Å². The first-order valence-electron chi connectivity index (χ1n) is 13.0. The van der Waals surface area contributed by atoms with Gasteiger partial charge in [0.2, 0.25) is 0 Å². The van der Waals surface area contributed by atoms with Gasteiger partial charge < -0.3 is 29.9 Å². The standard InChI is InChI=1S/C23H26BrN5O2.2C2HF3O2/c1-29(18-6-2-15(11-25)3-7-18)13-19(30)14-31-20-8-4-16(5-9-20)22-27-21-10-17(24)12-26-23(21)28-22;2*3-2(4,5)1(6)7/h4-5,8-10,12,15,18-19,30H,2-3,6-7,13-14H2,1H3,(H,26,27,28);2*(H,6,7). The minimum atomic E-state index is -5.08. The first kappa shape index (κ1) is 37.2. The summed E-state index contributed by atoms with van der Waals surface area (Å²) in [5.74, 6) is -3.87. The Labute approximate surface area is 260 Å². The fraction of sp³-hybridized carbons (Fsp3) is 0.444. The summed E-state index contributed by atoms with van der Waals surface area (Å²) < 4.78 is 70.2. The van der Waals surface area contributed by atoms with Crippen LogP contribution in [0.15, 0.2) is 41.0 Å². The Kier molecular flexibility index (Phi) is 13.6. The van der Waals surface area contributed by atoms with E-state index in [1.54, 1.807) is 6.20 Å². The van der Waals surface area contributed by atoms with Gasteiger partial charge in [-0.05, 0) is 79.0 Å². The van der Waals surface area contributed by atoms with E-state index in [0.717, 1.165) is 47.1 Å². The highest BCUT2D eigenvalue weighted by Gasteiger charge is 2.38. The molecule has 1 saturated carbocycles. The average Bonchev–Trinajstić information content (AvgIpc) is 3.39. The lowest BCUT2D eigenvalue weighted by atomic mass is 9.86. The number of benzene rings is 1. The molecule has 1 aromatic carbocycles. The van der Waals surface area contributed by atoms with Gasteiger partial charge >= 0.3 is 24.3 Å². The Hall–Kier alpha value is -3.95. The highest BCUT2D eigenvalue weighted by Crippen LogP contribution is 2.27. The van der Waals surface area contributed by atoms with Crippen molar-refractivity contribution in [3.05, 3.63) is 41.0 Å². The van der Waals surface area contributed by atoms with Crippen LogP contribution >= 0.6 is 15.9 Å². The topological polar surface area (TPSA) is 173 Å².